The van der Waals surface area contributed by atoms with Gasteiger partial charge < -0.3 is 5.73 Å². The van der Waals surface area contributed by atoms with Crippen molar-refractivity contribution < 1.29 is 8.78 Å². The number of halogens is 2. The summed E-state index contributed by atoms with van der Waals surface area (Å²) >= 11 is 0. The monoisotopic (exact) mass is 237 g/mol. The minimum absolute atomic E-state index is 0.00808. The van der Waals surface area contributed by atoms with Gasteiger partial charge in [-0.05, 0) is 42.7 Å². The molecular formula is C14H17F2N. The second kappa shape index (κ2) is 3.77. The van der Waals surface area contributed by atoms with Gasteiger partial charge in [-0.3, -0.25) is 0 Å². The van der Waals surface area contributed by atoms with Gasteiger partial charge in [-0.2, -0.15) is 0 Å². The molecule has 0 saturated heterocycles. The van der Waals surface area contributed by atoms with Crippen molar-refractivity contribution in [2.24, 2.45) is 5.73 Å². The molecule has 1 saturated carbocycles. The first kappa shape index (κ1) is 11.1. The van der Waals surface area contributed by atoms with Crippen LogP contribution in [-0.2, 0) is 5.41 Å². The minimum Gasteiger partial charge on any atom is -0.324 e. The Morgan fingerprint density at radius 1 is 1.12 bits per heavy atom. The van der Waals surface area contributed by atoms with Crippen molar-refractivity contribution in [3.8, 4) is 0 Å². The summed E-state index contributed by atoms with van der Waals surface area (Å²) in [6, 6.07) is 2.21. The Kier molecular flexibility index (Phi) is 2.47. The zero-order valence-electron chi connectivity index (χ0n) is 9.81. The van der Waals surface area contributed by atoms with Crippen LogP contribution in [0.1, 0.15) is 55.7 Å². The van der Waals surface area contributed by atoms with Gasteiger partial charge in [-0.25, -0.2) is 8.78 Å². The highest BCUT2D eigenvalue weighted by Gasteiger charge is 2.42. The van der Waals surface area contributed by atoms with Gasteiger partial charge in [-0.15, -0.1) is 0 Å². The summed E-state index contributed by atoms with van der Waals surface area (Å²) in [5.41, 5.74) is 7.42. The van der Waals surface area contributed by atoms with Crippen molar-refractivity contribution in [1.82, 2.24) is 0 Å². The van der Waals surface area contributed by atoms with E-state index in [1.165, 1.54) is 6.07 Å². The third-order valence-electron chi connectivity index (χ3n) is 4.53. The Bertz CT molecular complexity index is 450. The fraction of sp³-hybridized carbons (Fsp3) is 0.571. The molecule has 3 heteroatoms. The molecule has 1 atom stereocenters. The molecule has 17 heavy (non-hydrogen) atoms. The molecule has 0 amide bonds. The fourth-order valence-electron chi connectivity index (χ4n) is 3.68. The molecule has 1 nitrogen and oxygen atoms in total. The van der Waals surface area contributed by atoms with Crippen LogP contribution in [0.3, 0.4) is 0 Å². The van der Waals surface area contributed by atoms with Crippen molar-refractivity contribution in [2.75, 3.05) is 0 Å². The van der Waals surface area contributed by atoms with Crippen LogP contribution < -0.4 is 5.73 Å². The molecule has 0 aromatic heterocycles. The Morgan fingerprint density at radius 2 is 1.82 bits per heavy atom. The van der Waals surface area contributed by atoms with Crippen LogP contribution in [0.4, 0.5) is 8.78 Å². The maximum absolute atomic E-state index is 13.9. The molecule has 1 unspecified atom stereocenters. The molecule has 1 fully saturated rings. The Balaban J connectivity index is 2.20. The fourth-order valence-corrected chi connectivity index (χ4v) is 3.68. The van der Waals surface area contributed by atoms with E-state index in [1.54, 1.807) is 0 Å². The highest BCUT2D eigenvalue weighted by Crippen LogP contribution is 2.51. The van der Waals surface area contributed by atoms with E-state index in [9.17, 15) is 8.78 Å². The van der Waals surface area contributed by atoms with Crippen molar-refractivity contribution in [2.45, 2.75) is 50.0 Å². The number of hydrogen-bond acceptors (Lipinski definition) is 1. The van der Waals surface area contributed by atoms with Crippen LogP contribution in [0.25, 0.3) is 0 Å². The van der Waals surface area contributed by atoms with Gasteiger partial charge in [0.05, 0.1) is 0 Å². The van der Waals surface area contributed by atoms with Crippen LogP contribution in [0.2, 0.25) is 0 Å². The molecule has 2 aliphatic carbocycles. The third kappa shape index (κ3) is 1.60. The first-order chi connectivity index (χ1) is 8.12. The summed E-state index contributed by atoms with van der Waals surface area (Å²) in [6.07, 6.45) is 6.21. The maximum atomic E-state index is 13.9. The molecule has 0 bridgehead atoms. The average molecular weight is 237 g/mol. The van der Waals surface area contributed by atoms with Gasteiger partial charge in [0, 0.05) is 17.7 Å². The van der Waals surface area contributed by atoms with E-state index in [4.69, 9.17) is 5.73 Å². The van der Waals surface area contributed by atoms with E-state index in [0.717, 1.165) is 50.2 Å². The number of benzene rings is 1. The summed E-state index contributed by atoms with van der Waals surface area (Å²) in [5, 5.41) is 0. The molecule has 3 rings (SSSR count). The van der Waals surface area contributed by atoms with Gasteiger partial charge in [-0.1, -0.05) is 12.8 Å². The summed E-state index contributed by atoms with van der Waals surface area (Å²) in [6.45, 7) is 0. The number of rotatable bonds is 0. The van der Waals surface area contributed by atoms with E-state index in [2.05, 4.69) is 0 Å². The van der Waals surface area contributed by atoms with Gasteiger partial charge in [0.25, 0.3) is 0 Å². The summed E-state index contributed by atoms with van der Waals surface area (Å²) in [5.74, 6) is -0.930. The predicted molar refractivity (Wildman–Crippen MR) is 62.7 cm³/mol. The predicted octanol–water partition coefficient (Wildman–Crippen LogP) is 3.57. The second-order valence-corrected chi connectivity index (χ2v) is 5.48. The largest absolute Gasteiger partial charge is 0.324 e. The molecule has 1 aromatic rings. The van der Waals surface area contributed by atoms with Gasteiger partial charge in [0.1, 0.15) is 11.6 Å². The maximum Gasteiger partial charge on any atom is 0.131 e. The smallest absolute Gasteiger partial charge is 0.131 e. The minimum atomic E-state index is -0.471. The van der Waals surface area contributed by atoms with E-state index in [-0.39, 0.29) is 11.5 Å². The zero-order valence-corrected chi connectivity index (χ0v) is 9.81. The van der Waals surface area contributed by atoms with Crippen molar-refractivity contribution in [1.29, 1.82) is 0 Å². The number of nitrogens with two attached hydrogens (primary N) is 1. The third-order valence-corrected chi connectivity index (χ3v) is 4.53. The van der Waals surface area contributed by atoms with Gasteiger partial charge in [0.15, 0.2) is 0 Å². The average Bonchev–Trinajstić information content (AvgIpc) is 2.73. The van der Waals surface area contributed by atoms with Crippen molar-refractivity contribution in [3.63, 3.8) is 0 Å². The van der Waals surface area contributed by atoms with Crippen LogP contribution in [-0.4, -0.2) is 0 Å². The van der Waals surface area contributed by atoms with Crippen molar-refractivity contribution >= 4 is 0 Å². The molecule has 92 valence electrons. The van der Waals surface area contributed by atoms with Crippen molar-refractivity contribution in [3.05, 3.63) is 34.9 Å². The van der Waals surface area contributed by atoms with E-state index < -0.39 is 11.6 Å². The highest BCUT2D eigenvalue weighted by atomic mass is 19.1. The Hall–Kier alpha value is -0.960. The Morgan fingerprint density at radius 3 is 2.53 bits per heavy atom. The van der Waals surface area contributed by atoms with Crippen LogP contribution >= 0.6 is 0 Å². The normalized spacial score (nSPS) is 26.2. The molecule has 2 aliphatic rings. The topological polar surface area (TPSA) is 26.0 Å². The molecule has 0 heterocycles. The van der Waals surface area contributed by atoms with Crippen LogP contribution in [0.5, 0.6) is 0 Å². The first-order valence-corrected chi connectivity index (χ1v) is 6.37. The molecular weight excluding hydrogens is 220 g/mol. The van der Waals surface area contributed by atoms with E-state index >= 15 is 0 Å². The summed E-state index contributed by atoms with van der Waals surface area (Å²) in [4.78, 5) is 0. The lowest BCUT2D eigenvalue weighted by atomic mass is 9.67. The van der Waals surface area contributed by atoms with Gasteiger partial charge in [0.2, 0.25) is 0 Å². The van der Waals surface area contributed by atoms with Crippen LogP contribution in [0.15, 0.2) is 12.1 Å². The zero-order chi connectivity index (χ0) is 12.0. The van der Waals surface area contributed by atoms with E-state index in [1.807, 2.05) is 0 Å². The SMILES string of the molecule is NC1CCC2(CCCC2)c2cc(F)cc(F)c21. The lowest BCUT2D eigenvalue weighted by Gasteiger charge is -2.38. The molecule has 0 radical (unpaired) electrons. The number of hydrogen-bond donors (Lipinski definition) is 1. The Labute approximate surface area is 100 Å². The molecule has 2 N–H and O–H groups in total. The summed E-state index contributed by atoms with van der Waals surface area (Å²) < 4.78 is 27.3. The standard InChI is InChI=1S/C14H17F2N/c15-9-7-10-13(11(16)8-9)12(17)3-6-14(10)4-1-2-5-14/h7-8,12H,1-6,17H2. The quantitative estimate of drug-likeness (QED) is 0.733. The first-order valence-electron chi connectivity index (χ1n) is 6.37. The number of fused-ring (bicyclic) bond motifs is 2. The highest BCUT2D eigenvalue weighted by molar-refractivity contribution is 5.41. The van der Waals surface area contributed by atoms with Crippen LogP contribution in [0, 0.1) is 11.6 Å². The lowest BCUT2D eigenvalue weighted by Crippen LogP contribution is -2.33. The van der Waals surface area contributed by atoms with E-state index in [0.29, 0.717) is 5.56 Å². The lowest BCUT2D eigenvalue weighted by molar-refractivity contribution is 0.334. The molecule has 1 spiro atoms. The second-order valence-electron chi connectivity index (χ2n) is 5.48. The molecule has 0 aliphatic heterocycles. The summed E-state index contributed by atoms with van der Waals surface area (Å²) in [7, 11) is 0. The van der Waals surface area contributed by atoms with Gasteiger partial charge >= 0.3 is 0 Å². The molecule has 1 aromatic carbocycles.